The fourth-order valence-corrected chi connectivity index (χ4v) is 4.88. The number of amidine groups is 1. The highest BCUT2D eigenvalue weighted by atomic mass is 32.2. The molecule has 3 heterocycles. The minimum atomic E-state index is -0.792. The van der Waals surface area contributed by atoms with Gasteiger partial charge in [0.2, 0.25) is 0 Å². The Bertz CT molecular complexity index is 1330. The number of carbonyl (C=O) groups excluding carboxylic acids is 3. The molecule has 32 heavy (non-hydrogen) atoms. The number of para-hydroxylation sites is 1. The van der Waals surface area contributed by atoms with Crippen molar-refractivity contribution in [3.05, 3.63) is 83.7 Å². The Balaban J connectivity index is 1.77. The van der Waals surface area contributed by atoms with Gasteiger partial charge >= 0.3 is 5.91 Å². The van der Waals surface area contributed by atoms with Crippen LogP contribution in [0.15, 0.2) is 83.1 Å². The summed E-state index contributed by atoms with van der Waals surface area (Å²) in [5, 5.41) is 4.50. The molecular formula is C24H18N4O3S. The van der Waals surface area contributed by atoms with Crippen molar-refractivity contribution in [1.29, 1.82) is 0 Å². The molecule has 2 aliphatic rings. The molecule has 5 rings (SSSR count). The average Bonchev–Trinajstić information content (AvgIpc) is 3.35. The fraction of sp³-hybridized carbons (Fsp3) is 0.125. The topological polar surface area (TPSA) is 84.6 Å². The van der Waals surface area contributed by atoms with Crippen molar-refractivity contribution >= 4 is 33.7 Å². The predicted molar refractivity (Wildman–Crippen MR) is 122 cm³/mol. The number of rotatable bonds is 4. The third-order valence-electron chi connectivity index (χ3n) is 5.45. The highest BCUT2D eigenvalue weighted by Crippen LogP contribution is 2.44. The first-order valence-corrected chi connectivity index (χ1v) is 10.8. The summed E-state index contributed by atoms with van der Waals surface area (Å²) in [7, 11) is 0. The van der Waals surface area contributed by atoms with Crippen molar-refractivity contribution in [2.45, 2.75) is 19.9 Å². The van der Waals surface area contributed by atoms with Crippen LogP contribution in [0.3, 0.4) is 0 Å². The Kier molecular flexibility index (Phi) is 4.86. The Morgan fingerprint density at radius 2 is 1.66 bits per heavy atom. The van der Waals surface area contributed by atoms with Crippen molar-refractivity contribution in [2.24, 2.45) is 4.99 Å². The lowest BCUT2D eigenvalue weighted by Crippen LogP contribution is -2.39. The first-order valence-electron chi connectivity index (χ1n) is 10.0. The summed E-state index contributed by atoms with van der Waals surface area (Å²) in [5.74, 6) is -0.893. The molecule has 0 spiro atoms. The lowest BCUT2D eigenvalue weighted by molar-refractivity contribution is -0.137. The van der Waals surface area contributed by atoms with E-state index in [2.05, 4.69) is 4.99 Å². The summed E-state index contributed by atoms with van der Waals surface area (Å²) in [5.41, 5.74) is 3.83. The SMILES string of the molecule is CC(=O)C1=C(C)N=C2SC(=O)C(=O)N2C1c1cn(-c2ccccc2)nc1-c1ccccc1. The molecule has 1 unspecified atom stereocenters. The van der Waals surface area contributed by atoms with E-state index in [0.717, 1.165) is 23.0 Å². The molecule has 0 saturated carbocycles. The van der Waals surface area contributed by atoms with Crippen LogP contribution in [0.1, 0.15) is 25.5 Å². The second-order valence-corrected chi connectivity index (χ2v) is 8.44. The van der Waals surface area contributed by atoms with Crippen LogP contribution < -0.4 is 0 Å². The van der Waals surface area contributed by atoms with Crippen LogP contribution in [-0.4, -0.2) is 36.7 Å². The second kappa shape index (κ2) is 7.72. The van der Waals surface area contributed by atoms with E-state index >= 15 is 0 Å². The minimum Gasteiger partial charge on any atom is -0.295 e. The summed E-state index contributed by atoms with van der Waals surface area (Å²) >= 11 is 0.793. The number of thioether (sulfide) groups is 1. The molecule has 0 radical (unpaired) electrons. The monoisotopic (exact) mass is 442 g/mol. The van der Waals surface area contributed by atoms with Crippen molar-refractivity contribution in [3.63, 3.8) is 0 Å². The number of fused-ring (bicyclic) bond motifs is 1. The summed E-state index contributed by atoms with van der Waals surface area (Å²) in [6.07, 6.45) is 1.82. The molecule has 1 saturated heterocycles. The number of allylic oxidation sites excluding steroid dienone is 1. The van der Waals surface area contributed by atoms with Gasteiger partial charge in [-0.3, -0.25) is 19.3 Å². The molecule has 0 N–H and O–H groups in total. The normalized spacial score (nSPS) is 18.1. The van der Waals surface area contributed by atoms with Gasteiger partial charge in [-0.15, -0.1) is 0 Å². The Morgan fingerprint density at radius 3 is 2.31 bits per heavy atom. The van der Waals surface area contributed by atoms with E-state index in [-0.39, 0.29) is 5.78 Å². The number of benzene rings is 2. The van der Waals surface area contributed by atoms with Gasteiger partial charge in [0.25, 0.3) is 5.12 Å². The van der Waals surface area contributed by atoms with E-state index in [1.165, 1.54) is 11.8 Å². The number of Topliss-reactive ketones (excluding diaryl/α,β-unsaturated/α-hetero) is 1. The highest BCUT2D eigenvalue weighted by molar-refractivity contribution is 8.28. The van der Waals surface area contributed by atoms with E-state index in [4.69, 9.17) is 5.10 Å². The number of nitrogens with zero attached hydrogens (tertiary/aromatic N) is 4. The maximum Gasteiger partial charge on any atom is 0.308 e. The lowest BCUT2D eigenvalue weighted by Gasteiger charge is -2.32. The Labute approximate surface area is 188 Å². The smallest absolute Gasteiger partial charge is 0.295 e. The number of carbonyl (C=O) groups is 3. The zero-order valence-electron chi connectivity index (χ0n) is 17.4. The molecule has 158 valence electrons. The molecule has 7 nitrogen and oxygen atoms in total. The first-order chi connectivity index (χ1) is 15.5. The van der Waals surface area contributed by atoms with E-state index < -0.39 is 17.1 Å². The third-order valence-corrected chi connectivity index (χ3v) is 6.28. The summed E-state index contributed by atoms with van der Waals surface area (Å²) in [4.78, 5) is 43.5. The van der Waals surface area contributed by atoms with Gasteiger partial charge in [-0.2, -0.15) is 5.10 Å². The van der Waals surface area contributed by atoms with E-state index in [9.17, 15) is 14.4 Å². The molecule has 0 aliphatic carbocycles. The standard InChI is InChI=1S/C24H18N4O3S/c1-14-19(15(2)29)21(28-22(30)23(31)32-24(28)25-14)18-13-27(17-11-7-4-8-12-17)26-20(18)16-9-5-3-6-10-16/h3-13,21H,1-2H3. The van der Waals surface area contributed by atoms with E-state index in [1.54, 1.807) is 11.6 Å². The molecule has 2 aliphatic heterocycles. The number of ketones is 1. The average molecular weight is 443 g/mol. The van der Waals surface area contributed by atoms with Crippen LogP contribution in [0.25, 0.3) is 16.9 Å². The molecule has 2 aromatic carbocycles. The van der Waals surface area contributed by atoms with E-state index in [0.29, 0.717) is 27.7 Å². The summed E-state index contributed by atoms with van der Waals surface area (Å²) < 4.78 is 1.73. The second-order valence-electron chi connectivity index (χ2n) is 7.50. The van der Waals surface area contributed by atoms with Gasteiger partial charge in [0, 0.05) is 28.6 Å². The van der Waals surface area contributed by atoms with Crippen LogP contribution in [0, 0.1) is 0 Å². The van der Waals surface area contributed by atoms with Crippen molar-refractivity contribution in [1.82, 2.24) is 14.7 Å². The first kappa shape index (κ1) is 20.1. The third kappa shape index (κ3) is 3.20. The maximum atomic E-state index is 12.8. The minimum absolute atomic E-state index is 0.209. The van der Waals surface area contributed by atoms with Crippen LogP contribution in [0.2, 0.25) is 0 Å². The van der Waals surface area contributed by atoms with Crippen molar-refractivity contribution in [3.8, 4) is 16.9 Å². The number of hydrogen-bond donors (Lipinski definition) is 0. The van der Waals surface area contributed by atoms with Gasteiger partial charge < -0.3 is 0 Å². The van der Waals surface area contributed by atoms with Gasteiger partial charge in [-0.25, -0.2) is 9.67 Å². The molecule has 3 aromatic rings. The van der Waals surface area contributed by atoms with Crippen LogP contribution in [0.4, 0.5) is 0 Å². The van der Waals surface area contributed by atoms with Gasteiger partial charge in [-0.05, 0) is 37.7 Å². The highest BCUT2D eigenvalue weighted by Gasteiger charge is 2.47. The Hall–Kier alpha value is -3.78. The molecule has 1 amide bonds. The molecule has 8 heteroatoms. The van der Waals surface area contributed by atoms with Gasteiger partial charge in [0.1, 0.15) is 0 Å². The number of aromatic nitrogens is 2. The molecule has 1 fully saturated rings. The Morgan fingerprint density at radius 1 is 1.00 bits per heavy atom. The quantitative estimate of drug-likeness (QED) is 0.572. The van der Waals surface area contributed by atoms with Gasteiger partial charge in [0.05, 0.1) is 17.4 Å². The van der Waals surface area contributed by atoms with Crippen molar-refractivity contribution in [2.75, 3.05) is 0 Å². The van der Waals surface area contributed by atoms with Crippen molar-refractivity contribution < 1.29 is 14.4 Å². The van der Waals surface area contributed by atoms with Crippen LogP contribution in [0.5, 0.6) is 0 Å². The molecule has 1 aromatic heterocycles. The maximum absolute atomic E-state index is 12.8. The van der Waals surface area contributed by atoms with Crippen LogP contribution in [-0.2, 0) is 14.4 Å². The number of hydrogen-bond acceptors (Lipinski definition) is 6. The molecular weight excluding hydrogens is 424 g/mol. The molecule has 1 atom stereocenters. The zero-order chi connectivity index (χ0) is 22.4. The number of aliphatic imine (C=N–C) groups is 1. The van der Waals surface area contributed by atoms with Gasteiger partial charge in [-0.1, -0.05) is 48.5 Å². The van der Waals surface area contributed by atoms with E-state index in [1.807, 2.05) is 66.9 Å². The van der Waals surface area contributed by atoms with Crippen LogP contribution >= 0.6 is 11.8 Å². The molecule has 0 bridgehead atoms. The largest absolute Gasteiger partial charge is 0.308 e. The zero-order valence-corrected chi connectivity index (χ0v) is 18.2. The number of amides is 1. The fourth-order valence-electron chi connectivity index (χ4n) is 4.06. The summed E-state index contributed by atoms with van der Waals surface area (Å²) in [6, 6.07) is 18.4. The van der Waals surface area contributed by atoms with Gasteiger partial charge in [0.15, 0.2) is 11.0 Å². The predicted octanol–water partition coefficient (Wildman–Crippen LogP) is 3.92. The lowest BCUT2D eigenvalue weighted by atomic mass is 9.91. The summed E-state index contributed by atoms with van der Waals surface area (Å²) in [6.45, 7) is 3.18.